The summed E-state index contributed by atoms with van der Waals surface area (Å²) >= 11 is 1.54. The topological polar surface area (TPSA) is 73.3 Å². The molecular formula is C21H17N3O3S. The highest BCUT2D eigenvalue weighted by Crippen LogP contribution is 2.32. The van der Waals surface area contributed by atoms with E-state index in [1.165, 1.54) is 25.6 Å². The fourth-order valence-electron chi connectivity index (χ4n) is 2.85. The molecule has 0 saturated carbocycles. The molecule has 2 aromatic carbocycles. The molecule has 28 heavy (non-hydrogen) atoms. The highest BCUT2D eigenvalue weighted by Gasteiger charge is 2.16. The molecule has 0 aliphatic carbocycles. The van der Waals surface area contributed by atoms with E-state index in [0.717, 1.165) is 20.9 Å². The smallest absolute Gasteiger partial charge is 0.259 e. The van der Waals surface area contributed by atoms with Gasteiger partial charge in [-0.15, -0.1) is 0 Å². The number of ether oxygens (including phenoxy) is 2. The molecule has 7 heteroatoms. The molecule has 0 aliphatic heterocycles. The molecule has 1 N–H and O–H groups in total. The molecule has 0 bridgehead atoms. The third-order valence-corrected chi connectivity index (χ3v) is 5.23. The van der Waals surface area contributed by atoms with Crippen molar-refractivity contribution in [1.82, 2.24) is 9.97 Å². The van der Waals surface area contributed by atoms with Crippen LogP contribution in [0.2, 0.25) is 0 Å². The molecule has 0 radical (unpaired) electrons. The standard InChI is InChI=1S/C21H17N3O3S/c1-26-17-7-3-5-15(18(17)27-2)19(25)23-14-10-8-13(9-11-14)20-24-16-6-4-12-22-21(16)28-20/h3-12H,1-2H3,(H,23,25). The van der Waals surface area contributed by atoms with Gasteiger partial charge in [-0.1, -0.05) is 17.4 Å². The zero-order valence-corrected chi connectivity index (χ0v) is 16.1. The number of benzene rings is 2. The predicted octanol–water partition coefficient (Wildman–Crippen LogP) is 4.63. The summed E-state index contributed by atoms with van der Waals surface area (Å²) in [5.74, 6) is 0.642. The van der Waals surface area contributed by atoms with E-state index in [1.54, 1.807) is 24.4 Å². The fourth-order valence-corrected chi connectivity index (χ4v) is 3.77. The number of anilines is 1. The molecular weight excluding hydrogens is 374 g/mol. The third-order valence-electron chi connectivity index (χ3n) is 4.20. The van der Waals surface area contributed by atoms with Crippen LogP contribution in [-0.2, 0) is 0 Å². The first kappa shape index (κ1) is 17.9. The Morgan fingerprint density at radius 3 is 2.54 bits per heavy atom. The number of carbonyl (C=O) groups excluding carboxylic acids is 1. The first-order valence-electron chi connectivity index (χ1n) is 8.54. The Morgan fingerprint density at radius 1 is 1.00 bits per heavy atom. The number of methoxy groups -OCH3 is 2. The lowest BCUT2D eigenvalue weighted by Crippen LogP contribution is -2.13. The van der Waals surface area contributed by atoms with Crippen LogP contribution in [0.1, 0.15) is 10.4 Å². The number of nitrogens with one attached hydrogen (secondary N) is 1. The number of carbonyl (C=O) groups is 1. The molecule has 140 valence electrons. The van der Waals surface area contributed by atoms with Gasteiger partial charge in [-0.05, 0) is 48.5 Å². The van der Waals surface area contributed by atoms with Crippen LogP contribution in [-0.4, -0.2) is 30.1 Å². The van der Waals surface area contributed by atoms with Gasteiger partial charge < -0.3 is 14.8 Å². The van der Waals surface area contributed by atoms with Crippen LogP contribution in [0, 0.1) is 0 Å². The molecule has 2 heterocycles. The van der Waals surface area contributed by atoms with Gasteiger partial charge in [-0.25, -0.2) is 9.97 Å². The van der Waals surface area contributed by atoms with Crippen molar-refractivity contribution in [3.63, 3.8) is 0 Å². The summed E-state index contributed by atoms with van der Waals surface area (Å²) in [5.41, 5.74) is 2.94. The van der Waals surface area contributed by atoms with Crippen molar-refractivity contribution in [3.8, 4) is 22.1 Å². The molecule has 4 rings (SSSR count). The fraction of sp³-hybridized carbons (Fsp3) is 0.0952. The van der Waals surface area contributed by atoms with Gasteiger partial charge in [0.1, 0.15) is 15.4 Å². The SMILES string of the molecule is COc1cccc(C(=O)Nc2ccc(-c3nc4cccnc4s3)cc2)c1OC. The maximum absolute atomic E-state index is 12.7. The number of aromatic nitrogens is 2. The summed E-state index contributed by atoms with van der Waals surface area (Å²) in [6.07, 6.45) is 1.76. The number of thiazole rings is 1. The molecule has 0 saturated heterocycles. The number of hydrogen-bond donors (Lipinski definition) is 1. The first-order valence-corrected chi connectivity index (χ1v) is 9.35. The second kappa shape index (κ2) is 7.66. The van der Waals surface area contributed by atoms with E-state index >= 15 is 0 Å². The zero-order valence-electron chi connectivity index (χ0n) is 15.3. The van der Waals surface area contributed by atoms with Gasteiger partial charge in [0.2, 0.25) is 0 Å². The van der Waals surface area contributed by atoms with E-state index in [4.69, 9.17) is 9.47 Å². The Bertz CT molecular complexity index is 1110. The van der Waals surface area contributed by atoms with Crippen molar-refractivity contribution >= 4 is 33.3 Å². The average molecular weight is 391 g/mol. The molecule has 6 nitrogen and oxygen atoms in total. The monoisotopic (exact) mass is 391 g/mol. The number of pyridine rings is 1. The van der Waals surface area contributed by atoms with Crippen molar-refractivity contribution in [2.24, 2.45) is 0 Å². The van der Waals surface area contributed by atoms with Crippen molar-refractivity contribution in [2.75, 3.05) is 19.5 Å². The lowest BCUT2D eigenvalue weighted by molar-refractivity contribution is 0.102. The van der Waals surface area contributed by atoms with Gasteiger partial charge in [-0.2, -0.15) is 0 Å². The normalized spacial score (nSPS) is 10.6. The number of rotatable bonds is 5. The number of fused-ring (bicyclic) bond motifs is 1. The van der Waals surface area contributed by atoms with Gasteiger partial charge in [0, 0.05) is 17.4 Å². The van der Waals surface area contributed by atoms with E-state index in [0.29, 0.717) is 22.7 Å². The summed E-state index contributed by atoms with van der Waals surface area (Å²) in [6.45, 7) is 0. The maximum atomic E-state index is 12.7. The van der Waals surface area contributed by atoms with E-state index < -0.39 is 0 Å². The van der Waals surface area contributed by atoms with E-state index in [2.05, 4.69) is 15.3 Å². The number of para-hydroxylation sites is 1. The van der Waals surface area contributed by atoms with Gasteiger partial charge in [-0.3, -0.25) is 4.79 Å². The quantitative estimate of drug-likeness (QED) is 0.537. The minimum absolute atomic E-state index is 0.271. The second-order valence-electron chi connectivity index (χ2n) is 5.92. The summed E-state index contributed by atoms with van der Waals surface area (Å²) in [4.78, 5) is 22.5. The van der Waals surface area contributed by atoms with E-state index in [-0.39, 0.29) is 5.91 Å². The van der Waals surface area contributed by atoms with Crippen LogP contribution >= 0.6 is 11.3 Å². The Hall–Kier alpha value is -3.45. The molecule has 0 unspecified atom stereocenters. The van der Waals surface area contributed by atoms with Crippen LogP contribution in [0.4, 0.5) is 5.69 Å². The summed E-state index contributed by atoms with van der Waals surface area (Å²) in [6, 6.07) is 16.6. The second-order valence-corrected chi connectivity index (χ2v) is 6.90. The van der Waals surface area contributed by atoms with Crippen molar-refractivity contribution in [3.05, 3.63) is 66.4 Å². The van der Waals surface area contributed by atoms with Crippen LogP contribution in [0.5, 0.6) is 11.5 Å². The Kier molecular flexibility index (Phi) is 4.90. The predicted molar refractivity (Wildman–Crippen MR) is 110 cm³/mol. The molecule has 0 aliphatic rings. The van der Waals surface area contributed by atoms with Gasteiger partial charge >= 0.3 is 0 Å². The average Bonchev–Trinajstić information content (AvgIpc) is 3.17. The van der Waals surface area contributed by atoms with Crippen LogP contribution in [0.25, 0.3) is 20.9 Å². The molecule has 0 atom stereocenters. The first-order chi connectivity index (χ1) is 13.7. The van der Waals surface area contributed by atoms with Crippen LogP contribution in [0.3, 0.4) is 0 Å². The van der Waals surface area contributed by atoms with Gasteiger partial charge in [0.15, 0.2) is 11.5 Å². The highest BCUT2D eigenvalue weighted by atomic mass is 32.1. The summed E-state index contributed by atoms with van der Waals surface area (Å²) in [7, 11) is 3.05. The number of nitrogens with zero attached hydrogens (tertiary/aromatic N) is 2. The van der Waals surface area contributed by atoms with Crippen LogP contribution < -0.4 is 14.8 Å². The lowest BCUT2D eigenvalue weighted by Gasteiger charge is -2.12. The maximum Gasteiger partial charge on any atom is 0.259 e. The number of hydrogen-bond acceptors (Lipinski definition) is 6. The summed E-state index contributed by atoms with van der Waals surface area (Å²) < 4.78 is 10.6. The van der Waals surface area contributed by atoms with Crippen molar-refractivity contribution < 1.29 is 14.3 Å². The van der Waals surface area contributed by atoms with E-state index in [1.807, 2.05) is 36.4 Å². The Labute approximate surface area is 165 Å². The molecule has 1 amide bonds. The lowest BCUT2D eigenvalue weighted by atomic mass is 10.1. The van der Waals surface area contributed by atoms with Crippen molar-refractivity contribution in [1.29, 1.82) is 0 Å². The largest absolute Gasteiger partial charge is 0.493 e. The minimum Gasteiger partial charge on any atom is -0.493 e. The Morgan fingerprint density at radius 2 is 1.82 bits per heavy atom. The molecule has 0 fully saturated rings. The molecule has 2 aromatic heterocycles. The minimum atomic E-state index is -0.271. The molecule has 0 spiro atoms. The van der Waals surface area contributed by atoms with Crippen molar-refractivity contribution in [2.45, 2.75) is 0 Å². The molecule has 4 aromatic rings. The third kappa shape index (κ3) is 3.39. The van der Waals surface area contributed by atoms with Gasteiger partial charge in [0.25, 0.3) is 5.91 Å². The highest BCUT2D eigenvalue weighted by molar-refractivity contribution is 7.21. The van der Waals surface area contributed by atoms with Crippen LogP contribution in [0.15, 0.2) is 60.8 Å². The number of amides is 1. The Balaban J connectivity index is 1.56. The van der Waals surface area contributed by atoms with Gasteiger partial charge in [0.05, 0.1) is 19.8 Å². The summed E-state index contributed by atoms with van der Waals surface area (Å²) in [5, 5.41) is 3.78. The van der Waals surface area contributed by atoms with E-state index in [9.17, 15) is 4.79 Å². The zero-order chi connectivity index (χ0) is 19.5.